The highest BCUT2D eigenvalue weighted by molar-refractivity contribution is 6.30. The second-order valence-electron chi connectivity index (χ2n) is 2.17. The topological polar surface area (TPSA) is 82.6 Å². The Kier molecular flexibility index (Phi) is 3.22. The van der Waals surface area contributed by atoms with Crippen molar-refractivity contribution >= 4 is 11.6 Å². The molecule has 70 valence electrons. The quantitative estimate of drug-likeness (QED) is 0.731. The van der Waals surface area contributed by atoms with Crippen molar-refractivity contribution in [2.24, 2.45) is 0 Å². The maximum atomic E-state index is 8.63. The monoisotopic (exact) mass is 208 g/mol. The average molecular weight is 209 g/mol. The molecule has 0 aliphatic carbocycles. The predicted molar refractivity (Wildman–Crippen MR) is 47.6 cm³/mol. The number of nitrogens with zero attached hydrogens (tertiary/aromatic N) is 4. The van der Waals surface area contributed by atoms with E-state index >= 15 is 0 Å². The summed E-state index contributed by atoms with van der Waals surface area (Å²) in [6.07, 6.45) is 0. The fraction of sp³-hybridized carbons (Fsp3) is 0.250. The molecule has 0 saturated carbocycles. The van der Waals surface area contributed by atoms with E-state index in [-0.39, 0.29) is 22.4 Å². The Bertz CT molecular complexity index is 432. The fourth-order valence-corrected chi connectivity index (χ4v) is 0.965. The van der Waals surface area contributed by atoms with Gasteiger partial charge in [0.25, 0.3) is 5.88 Å². The first-order valence-corrected chi connectivity index (χ1v) is 4.11. The molecule has 0 atom stereocenters. The zero-order chi connectivity index (χ0) is 10.6. The van der Waals surface area contributed by atoms with Crippen molar-refractivity contribution in [1.82, 2.24) is 9.97 Å². The first-order valence-electron chi connectivity index (χ1n) is 3.73. The second kappa shape index (κ2) is 4.40. The van der Waals surface area contributed by atoms with Gasteiger partial charge in [0.1, 0.15) is 12.1 Å². The Hall–Kier alpha value is -1.85. The zero-order valence-corrected chi connectivity index (χ0v) is 8.04. The lowest BCUT2D eigenvalue weighted by molar-refractivity contribution is 0.325. The summed E-state index contributed by atoms with van der Waals surface area (Å²) in [5, 5.41) is 17.2. The van der Waals surface area contributed by atoms with Crippen molar-refractivity contribution in [1.29, 1.82) is 10.5 Å². The van der Waals surface area contributed by atoms with Crippen LogP contribution in [0.4, 0.5) is 0 Å². The van der Waals surface area contributed by atoms with Gasteiger partial charge in [0.15, 0.2) is 16.5 Å². The van der Waals surface area contributed by atoms with E-state index < -0.39 is 0 Å². The fourth-order valence-electron chi connectivity index (χ4n) is 0.784. The van der Waals surface area contributed by atoms with E-state index in [1.807, 2.05) is 0 Å². The van der Waals surface area contributed by atoms with Crippen molar-refractivity contribution in [3.63, 3.8) is 0 Å². The first kappa shape index (κ1) is 10.2. The van der Waals surface area contributed by atoms with Crippen LogP contribution in [0.5, 0.6) is 5.88 Å². The third kappa shape index (κ3) is 1.90. The Balaban J connectivity index is 3.27. The molecule has 0 radical (unpaired) electrons. The molecule has 5 nitrogen and oxygen atoms in total. The minimum absolute atomic E-state index is 0.0117. The Morgan fingerprint density at radius 3 is 2.36 bits per heavy atom. The molecule has 0 aliphatic rings. The van der Waals surface area contributed by atoms with Crippen LogP contribution in [-0.4, -0.2) is 16.6 Å². The highest BCUT2D eigenvalue weighted by atomic mass is 35.5. The lowest BCUT2D eigenvalue weighted by Gasteiger charge is -2.03. The highest BCUT2D eigenvalue weighted by Gasteiger charge is 2.12. The van der Waals surface area contributed by atoms with Gasteiger partial charge in [0.05, 0.1) is 6.61 Å². The zero-order valence-electron chi connectivity index (χ0n) is 7.28. The van der Waals surface area contributed by atoms with Gasteiger partial charge in [0, 0.05) is 0 Å². The number of nitriles is 2. The molecule has 1 aromatic rings. The number of hydrogen-bond acceptors (Lipinski definition) is 5. The summed E-state index contributed by atoms with van der Waals surface area (Å²) in [5.74, 6) is 0.0738. The van der Waals surface area contributed by atoms with Crippen LogP contribution in [0.2, 0.25) is 5.15 Å². The number of ether oxygens (including phenoxy) is 1. The summed E-state index contributed by atoms with van der Waals surface area (Å²) in [4.78, 5) is 7.43. The Morgan fingerprint density at radius 2 is 1.86 bits per heavy atom. The molecular weight excluding hydrogens is 204 g/mol. The molecule has 0 amide bonds. The van der Waals surface area contributed by atoms with Gasteiger partial charge in [-0.15, -0.1) is 0 Å². The summed E-state index contributed by atoms with van der Waals surface area (Å²) in [6.45, 7) is 2.12. The molecule has 1 aromatic heterocycles. The molecule has 0 unspecified atom stereocenters. The summed E-state index contributed by atoms with van der Waals surface area (Å²) in [5.41, 5.74) is -0.179. The van der Waals surface area contributed by atoms with E-state index in [0.29, 0.717) is 6.61 Å². The molecule has 0 N–H and O–H groups in total. The van der Waals surface area contributed by atoms with Gasteiger partial charge in [-0.25, -0.2) is 4.98 Å². The van der Waals surface area contributed by atoms with Crippen LogP contribution in [0.25, 0.3) is 0 Å². The molecule has 0 saturated heterocycles. The lowest BCUT2D eigenvalue weighted by Crippen LogP contribution is -2.01. The maximum Gasteiger partial charge on any atom is 0.253 e. The van der Waals surface area contributed by atoms with Crippen molar-refractivity contribution in [2.45, 2.75) is 6.92 Å². The van der Waals surface area contributed by atoms with Gasteiger partial charge in [-0.05, 0) is 6.92 Å². The van der Waals surface area contributed by atoms with Crippen LogP contribution in [0.15, 0.2) is 0 Å². The van der Waals surface area contributed by atoms with E-state index in [9.17, 15) is 0 Å². The smallest absolute Gasteiger partial charge is 0.253 e. The van der Waals surface area contributed by atoms with E-state index in [1.54, 1.807) is 19.1 Å². The van der Waals surface area contributed by atoms with Crippen molar-refractivity contribution < 1.29 is 4.74 Å². The van der Waals surface area contributed by atoms with Gasteiger partial charge >= 0.3 is 0 Å². The molecular formula is C8H5ClN4O. The van der Waals surface area contributed by atoms with Crippen LogP contribution < -0.4 is 4.74 Å². The third-order valence-corrected chi connectivity index (χ3v) is 1.56. The minimum Gasteiger partial charge on any atom is -0.476 e. The van der Waals surface area contributed by atoms with Crippen LogP contribution in [0.1, 0.15) is 18.3 Å². The molecule has 0 bridgehead atoms. The number of hydrogen-bond donors (Lipinski definition) is 0. The second-order valence-corrected chi connectivity index (χ2v) is 2.53. The average Bonchev–Trinajstić information content (AvgIpc) is 2.20. The Labute approximate surface area is 85.5 Å². The van der Waals surface area contributed by atoms with Crippen molar-refractivity contribution in [3.05, 3.63) is 16.5 Å². The van der Waals surface area contributed by atoms with Gasteiger partial charge in [-0.1, -0.05) is 11.6 Å². The number of halogens is 1. The number of rotatable bonds is 2. The molecule has 1 rings (SSSR count). The normalized spacial score (nSPS) is 8.86. The van der Waals surface area contributed by atoms with Crippen LogP contribution in [0.3, 0.4) is 0 Å². The van der Waals surface area contributed by atoms with E-state index in [1.165, 1.54) is 0 Å². The minimum atomic E-state index is -0.0963. The SMILES string of the molecule is CCOc1nc(C#N)c(C#N)nc1Cl. The summed E-state index contributed by atoms with van der Waals surface area (Å²) >= 11 is 5.66. The largest absolute Gasteiger partial charge is 0.476 e. The standard InChI is InChI=1S/C8H5ClN4O/c1-2-14-8-7(9)12-5(3-10)6(4-11)13-8/h2H2,1H3. The molecule has 14 heavy (non-hydrogen) atoms. The first-order chi connectivity index (χ1) is 6.72. The molecule has 6 heteroatoms. The van der Waals surface area contributed by atoms with E-state index in [2.05, 4.69) is 9.97 Å². The predicted octanol–water partition coefficient (Wildman–Crippen LogP) is 1.27. The van der Waals surface area contributed by atoms with Gasteiger partial charge in [0.2, 0.25) is 0 Å². The maximum absolute atomic E-state index is 8.63. The van der Waals surface area contributed by atoms with E-state index in [0.717, 1.165) is 0 Å². The van der Waals surface area contributed by atoms with Gasteiger partial charge in [-0.3, -0.25) is 0 Å². The van der Waals surface area contributed by atoms with Crippen LogP contribution in [0, 0.1) is 22.7 Å². The summed E-state index contributed by atoms with van der Waals surface area (Å²) in [7, 11) is 0. The van der Waals surface area contributed by atoms with E-state index in [4.69, 9.17) is 26.9 Å². The molecule has 0 aromatic carbocycles. The lowest BCUT2D eigenvalue weighted by atomic mass is 10.3. The molecule has 1 heterocycles. The van der Waals surface area contributed by atoms with Crippen molar-refractivity contribution in [2.75, 3.05) is 6.61 Å². The molecule has 0 spiro atoms. The highest BCUT2D eigenvalue weighted by Crippen LogP contribution is 2.20. The molecule has 0 aliphatic heterocycles. The van der Waals surface area contributed by atoms with Crippen LogP contribution in [-0.2, 0) is 0 Å². The summed E-state index contributed by atoms with van der Waals surface area (Å²) < 4.78 is 5.01. The van der Waals surface area contributed by atoms with Crippen LogP contribution >= 0.6 is 11.6 Å². The molecule has 0 fully saturated rings. The van der Waals surface area contributed by atoms with Gasteiger partial charge in [-0.2, -0.15) is 15.5 Å². The van der Waals surface area contributed by atoms with Gasteiger partial charge < -0.3 is 4.74 Å². The summed E-state index contributed by atoms with van der Waals surface area (Å²) in [6, 6.07) is 3.46. The number of aromatic nitrogens is 2. The Morgan fingerprint density at radius 1 is 1.29 bits per heavy atom. The third-order valence-electron chi connectivity index (χ3n) is 1.32. The van der Waals surface area contributed by atoms with Crippen molar-refractivity contribution in [3.8, 4) is 18.0 Å².